The third kappa shape index (κ3) is 4.05. The smallest absolute Gasteiger partial charge is 0.224 e. The highest BCUT2D eigenvalue weighted by atomic mass is 16.5. The van der Waals surface area contributed by atoms with Gasteiger partial charge in [0.25, 0.3) is 0 Å². The number of carbonyl (C=O) groups is 1. The highest BCUT2D eigenvalue weighted by molar-refractivity contribution is 5.83. The van der Waals surface area contributed by atoms with E-state index in [2.05, 4.69) is 30.3 Å². The maximum absolute atomic E-state index is 12.4. The Hall–Kier alpha value is -3.02. The first-order valence-corrected chi connectivity index (χ1v) is 8.97. The molecule has 3 rings (SSSR count). The van der Waals surface area contributed by atoms with Gasteiger partial charge in [0.2, 0.25) is 5.91 Å². The van der Waals surface area contributed by atoms with Crippen LogP contribution in [0.4, 0.5) is 0 Å². The van der Waals surface area contributed by atoms with Crippen LogP contribution in [-0.2, 0) is 17.8 Å². The molecule has 0 aliphatic carbocycles. The van der Waals surface area contributed by atoms with Crippen molar-refractivity contribution < 1.29 is 14.3 Å². The van der Waals surface area contributed by atoms with E-state index in [4.69, 9.17) is 9.47 Å². The van der Waals surface area contributed by atoms with Crippen LogP contribution in [0.5, 0.6) is 11.5 Å². The van der Waals surface area contributed by atoms with E-state index < -0.39 is 0 Å². The summed E-state index contributed by atoms with van der Waals surface area (Å²) in [5.41, 5.74) is 2.82. The summed E-state index contributed by atoms with van der Waals surface area (Å²) in [6.45, 7) is 4.59. The van der Waals surface area contributed by atoms with Gasteiger partial charge in [-0.15, -0.1) is 0 Å². The van der Waals surface area contributed by atoms with Crippen LogP contribution < -0.4 is 14.8 Å². The predicted octanol–water partition coefficient (Wildman–Crippen LogP) is 3.49. The normalized spacial score (nSPS) is 11.0. The van der Waals surface area contributed by atoms with Crippen LogP contribution in [0.1, 0.15) is 31.1 Å². The van der Waals surface area contributed by atoms with E-state index in [-0.39, 0.29) is 18.4 Å². The minimum Gasteiger partial charge on any atom is -0.493 e. The Balaban J connectivity index is 1.70. The van der Waals surface area contributed by atoms with Crippen molar-refractivity contribution >= 4 is 16.8 Å². The summed E-state index contributed by atoms with van der Waals surface area (Å²) in [6.07, 6.45) is 0.267. The summed E-state index contributed by atoms with van der Waals surface area (Å²) in [5, 5.41) is 8.72. The molecule has 142 valence electrons. The van der Waals surface area contributed by atoms with E-state index in [1.807, 2.05) is 35.0 Å². The summed E-state index contributed by atoms with van der Waals surface area (Å²) >= 11 is 0. The lowest BCUT2D eigenvalue weighted by molar-refractivity contribution is -0.120. The number of ether oxygens (including phenoxy) is 2. The molecule has 0 fully saturated rings. The van der Waals surface area contributed by atoms with Crippen molar-refractivity contribution in [1.29, 1.82) is 0 Å². The Bertz CT molecular complexity index is 947. The van der Waals surface area contributed by atoms with Crippen LogP contribution in [-0.4, -0.2) is 29.9 Å². The van der Waals surface area contributed by atoms with E-state index in [0.29, 0.717) is 18.0 Å². The van der Waals surface area contributed by atoms with Gasteiger partial charge in [0.15, 0.2) is 11.5 Å². The highest BCUT2D eigenvalue weighted by Gasteiger charge is 2.13. The molecular formula is C21H25N3O3. The molecule has 0 bridgehead atoms. The molecule has 1 amide bonds. The van der Waals surface area contributed by atoms with Gasteiger partial charge < -0.3 is 14.8 Å². The third-order valence-corrected chi connectivity index (χ3v) is 4.44. The lowest BCUT2D eigenvalue weighted by atomic mass is 10.1. The molecule has 0 aliphatic rings. The van der Waals surface area contributed by atoms with Crippen molar-refractivity contribution in [3.05, 3.63) is 53.7 Å². The van der Waals surface area contributed by atoms with Gasteiger partial charge in [-0.05, 0) is 37.6 Å². The van der Waals surface area contributed by atoms with Crippen LogP contribution in [0.2, 0.25) is 0 Å². The first-order valence-electron chi connectivity index (χ1n) is 8.97. The maximum Gasteiger partial charge on any atom is 0.224 e. The van der Waals surface area contributed by atoms with Crippen LogP contribution >= 0.6 is 0 Å². The Morgan fingerprint density at radius 1 is 1.11 bits per heavy atom. The number of hydrogen-bond acceptors (Lipinski definition) is 4. The first kappa shape index (κ1) is 18.8. The number of para-hydroxylation sites is 1. The SMILES string of the molecule is COc1ccc(CC(=O)NCc2nn(C(C)C)c3ccccc23)cc1OC. The zero-order valence-corrected chi connectivity index (χ0v) is 16.2. The number of hydrogen-bond donors (Lipinski definition) is 1. The van der Waals surface area contributed by atoms with Gasteiger partial charge in [0.05, 0.1) is 38.4 Å². The van der Waals surface area contributed by atoms with Crippen molar-refractivity contribution in [2.45, 2.75) is 32.9 Å². The Labute approximate surface area is 159 Å². The van der Waals surface area contributed by atoms with Crippen molar-refractivity contribution in [2.75, 3.05) is 14.2 Å². The lowest BCUT2D eigenvalue weighted by Crippen LogP contribution is -2.25. The molecule has 0 saturated carbocycles. The molecule has 0 radical (unpaired) electrons. The number of carbonyl (C=O) groups excluding carboxylic acids is 1. The molecule has 1 heterocycles. The summed E-state index contributed by atoms with van der Waals surface area (Å²) in [7, 11) is 3.17. The molecule has 0 unspecified atom stereocenters. The van der Waals surface area contributed by atoms with Crippen molar-refractivity contribution in [1.82, 2.24) is 15.1 Å². The molecule has 3 aromatic rings. The minimum atomic E-state index is -0.0644. The van der Waals surface area contributed by atoms with E-state index in [1.54, 1.807) is 20.3 Å². The van der Waals surface area contributed by atoms with Gasteiger partial charge in [-0.25, -0.2) is 0 Å². The van der Waals surface area contributed by atoms with Crippen molar-refractivity contribution in [2.24, 2.45) is 0 Å². The molecular weight excluding hydrogens is 342 g/mol. The lowest BCUT2D eigenvalue weighted by Gasteiger charge is -2.09. The van der Waals surface area contributed by atoms with Crippen molar-refractivity contribution in [3.63, 3.8) is 0 Å². The number of aromatic nitrogens is 2. The maximum atomic E-state index is 12.4. The van der Waals surface area contributed by atoms with Crippen LogP contribution in [0, 0.1) is 0 Å². The number of methoxy groups -OCH3 is 2. The second-order valence-electron chi connectivity index (χ2n) is 6.65. The third-order valence-electron chi connectivity index (χ3n) is 4.44. The zero-order valence-electron chi connectivity index (χ0n) is 16.2. The number of benzene rings is 2. The number of nitrogens with zero attached hydrogens (tertiary/aromatic N) is 2. The molecule has 1 aromatic heterocycles. The van der Waals surface area contributed by atoms with Gasteiger partial charge in [-0.1, -0.05) is 24.3 Å². The average Bonchev–Trinajstić information content (AvgIpc) is 3.05. The van der Waals surface area contributed by atoms with Crippen LogP contribution in [0.25, 0.3) is 10.9 Å². The fraction of sp³-hybridized carbons (Fsp3) is 0.333. The number of amides is 1. The highest BCUT2D eigenvalue weighted by Crippen LogP contribution is 2.27. The van der Waals surface area contributed by atoms with Crippen LogP contribution in [0.15, 0.2) is 42.5 Å². The standard InChI is InChI=1S/C21H25N3O3/c1-14(2)24-18-8-6-5-7-16(18)17(23-24)13-22-21(25)12-15-9-10-19(26-3)20(11-15)27-4/h5-11,14H,12-13H2,1-4H3,(H,22,25). The fourth-order valence-corrected chi connectivity index (χ4v) is 3.10. The average molecular weight is 367 g/mol. The minimum absolute atomic E-state index is 0.0644. The van der Waals surface area contributed by atoms with Gasteiger partial charge >= 0.3 is 0 Å². The molecule has 6 nitrogen and oxygen atoms in total. The molecule has 2 aromatic carbocycles. The summed E-state index contributed by atoms with van der Waals surface area (Å²) in [5.74, 6) is 1.20. The number of fused-ring (bicyclic) bond motifs is 1. The van der Waals surface area contributed by atoms with Crippen LogP contribution in [0.3, 0.4) is 0 Å². The summed E-state index contributed by atoms with van der Waals surface area (Å²) in [4.78, 5) is 12.4. The molecule has 1 N–H and O–H groups in total. The topological polar surface area (TPSA) is 65.4 Å². The predicted molar refractivity (Wildman–Crippen MR) is 105 cm³/mol. The monoisotopic (exact) mass is 367 g/mol. The fourth-order valence-electron chi connectivity index (χ4n) is 3.10. The summed E-state index contributed by atoms with van der Waals surface area (Å²) in [6, 6.07) is 13.8. The van der Waals surface area contributed by atoms with Crippen molar-refractivity contribution in [3.8, 4) is 11.5 Å². The molecule has 27 heavy (non-hydrogen) atoms. The Morgan fingerprint density at radius 3 is 2.56 bits per heavy atom. The Morgan fingerprint density at radius 2 is 1.85 bits per heavy atom. The van der Waals surface area contributed by atoms with E-state index in [9.17, 15) is 4.79 Å². The quantitative estimate of drug-likeness (QED) is 0.694. The zero-order chi connectivity index (χ0) is 19.4. The second-order valence-corrected chi connectivity index (χ2v) is 6.65. The molecule has 0 aliphatic heterocycles. The largest absolute Gasteiger partial charge is 0.493 e. The summed E-state index contributed by atoms with van der Waals surface area (Å²) < 4.78 is 12.5. The second kappa shape index (κ2) is 8.12. The van der Waals surface area contributed by atoms with E-state index in [0.717, 1.165) is 22.2 Å². The number of rotatable bonds is 7. The molecule has 0 spiro atoms. The van der Waals surface area contributed by atoms with E-state index in [1.165, 1.54) is 0 Å². The van der Waals surface area contributed by atoms with Gasteiger partial charge in [-0.2, -0.15) is 5.10 Å². The van der Waals surface area contributed by atoms with E-state index >= 15 is 0 Å². The first-order chi connectivity index (χ1) is 13.0. The molecule has 6 heteroatoms. The van der Waals surface area contributed by atoms with Gasteiger partial charge in [0.1, 0.15) is 0 Å². The molecule has 0 atom stereocenters. The van der Waals surface area contributed by atoms with Gasteiger partial charge in [0, 0.05) is 11.4 Å². The van der Waals surface area contributed by atoms with Gasteiger partial charge in [-0.3, -0.25) is 9.48 Å². The Kier molecular flexibility index (Phi) is 5.64. The molecule has 0 saturated heterocycles. The number of nitrogens with one attached hydrogen (secondary N) is 1.